The monoisotopic (exact) mass is 319 g/mol. The van der Waals surface area contributed by atoms with Gasteiger partial charge >= 0.3 is 0 Å². The molecule has 0 spiro atoms. The molecule has 0 radical (unpaired) electrons. The molecule has 3 rings (SSSR count). The largest absolute Gasteiger partial charge is 0.379 e. The van der Waals surface area contributed by atoms with Gasteiger partial charge in [0.25, 0.3) is 5.91 Å². The van der Waals surface area contributed by atoms with Crippen molar-refractivity contribution in [2.24, 2.45) is 5.92 Å². The Balaban J connectivity index is 1.95. The summed E-state index contributed by atoms with van der Waals surface area (Å²) in [5, 5.41) is 0. The van der Waals surface area contributed by atoms with Crippen molar-refractivity contribution in [1.82, 2.24) is 14.8 Å². The Labute approximate surface area is 136 Å². The Morgan fingerprint density at radius 1 is 1.17 bits per heavy atom. The van der Waals surface area contributed by atoms with Crippen LogP contribution >= 0.6 is 0 Å². The number of likely N-dealkylation sites (N-methyl/N-ethyl adjacent to an activating group) is 1. The van der Waals surface area contributed by atoms with Crippen molar-refractivity contribution in [1.29, 1.82) is 0 Å². The number of aryl methyl sites for hydroxylation is 1. The molecular weight excluding hydrogens is 294 g/mol. The van der Waals surface area contributed by atoms with E-state index in [1.165, 1.54) is 6.92 Å². The normalized spacial score (nSPS) is 25.3. The number of hydrogen-bond acceptors (Lipinski definition) is 4. The van der Waals surface area contributed by atoms with Crippen LogP contribution in [0.3, 0.4) is 0 Å². The quantitative estimate of drug-likeness (QED) is 0.833. The number of nitrogens with one attached hydrogen (secondary N) is 1. The van der Waals surface area contributed by atoms with Crippen molar-refractivity contribution < 1.29 is 14.3 Å². The predicted molar refractivity (Wildman–Crippen MR) is 86.9 cm³/mol. The van der Waals surface area contributed by atoms with Crippen LogP contribution in [0, 0.1) is 19.8 Å². The topological polar surface area (TPSA) is 65.6 Å². The minimum Gasteiger partial charge on any atom is -0.379 e. The summed E-state index contributed by atoms with van der Waals surface area (Å²) in [5.74, 6) is 0.310. The first kappa shape index (κ1) is 16.2. The summed E-state index contributed by atoms with van der Waals surface area (Å²) in [5.41, 5.74) is 2.71. The van der Waals surface area contributed by atoms with E-state index in [2.05, 4.69) is 16.9 Å². The highest BCUT2D eigenvalue weighted by Crippen LogP contribution is 2.25. The molecule has 1 N–H and O–H groups in total. The van der Waals surface area contributed by atoms with Crippen LogP contribution in [0.15, 0.2) is 0 Å². The van der Waals surface area contributed by atoms with Gasteiger partial charge in [0, 0.05) is 38.2 Å². The smallest absolute Gasteiger partial charge is 0.256 e. The van der Waals surface area contributed by atoms with Gasteiger partial charge in [-0.15, -0.1) is 0 Å². The Morgan fingerprint density at radius 2 is 1.91 bits per heavy atom. The van der Waals surface area contributed by atoms with Gasteiger partial charge in [-0.2, -0.15) is 0 Å². The minimum absolute atomic E-state index is 0.0135. The van der Waals surface area contributed by atoms with Crippen LogP contribution in [0.5, 0.6) is 0 Å². The molecule has 2 aliphatic rings. The molecule has 1 amide bonds. The average Bonchev–Trinajstić information content (AvgIpc) is 2.61. The maximum absolute atomic E-state index is 13.2. The molecule has 2 aliphatic heterocycles. The van der Waals surface area contributed by atoms with Crippen LogP contribution in [0.2, 0.25) is 0 Å². The van der Waals surface area contributed by atoms with E-state index in [1.54, 1.807) is 0 Å². The third-order valence-corrected chi connectivity index (χ3v) is 4.92. The number of aromatic amines is 1. The fraction of sp³-hybridized carbons (Fsp3) is 0.647. The molecule has 6 nitrogen and oxygen atoms in total. The van der Waals surface area contributed by atoms with Gasteiger partial charge in [-0.05, 0) is 26.5 Å². The molecule has 1 aromatic rings. The summed E-state index contributed by atoms with van der Waals surface area (Å²) in [6, 6.07) is 0.0643. The van der Waals surface area contributed by atoms with E-state index in [1.807, 2.05) is 18.7 Å². The lowest BCUT2D eigenvalue weighted by molar-refractivity contribution is 0.0483. The minimum atomic E-state index is -0.0395. The molecule has 2 atom stereocenters. The van der Waals surface area contributed by atoms with Gasteiger partial charge in [0.2, 0.25) is 0 Å². The average molecular weight is 319 g/mol. The lowest BCUT2D eigenvalue weighted by atomic mass is 10.1. The number of rotatable bonds is 2. The molecule has 0 aromatic carbocycles. The highest BCUT2D eigenvalue weighted by Gasteiger charge is 2.36. The molecule has 3 heterocycles. The molecule has 1 aromatic heterocycles. The van der Waals surface area contributed by atoms with Crippen LogP contribution in [0.1, 0.15) is 39.0 Å². The summed E-state index contributed by atoms with van der Waals surface area (Å²) in [4.78, 5) is 32.2. The number of hydrogen-bond donors (Lipinski definition) is 1. The second-order valence-electron chi connectivity index (χ2n) is 6.92. The third-order valence-electron chi connectivity index (χ3n) is 4.92. The zero-order valence-electron chi connectivity index (χ0n) is 14.3. The summed E-state index contributed by atoms with van der Waals surface area (Å²) >= 11 is 0. The van der Waals surface area contributed by atoms with Crippen molar-refractivity contribution >= 4 is 11.7 Å². The molecule has 0 aliphatic carbocycles. The zero-order chi connectivity index (χ0) is 16.7. The predicted octanol–water partition coefficient (Wildman–Crippen LogP) is 1.24. The van der Waals surface area contributed by atoms with E-state index in [0.717, 1.165) is 24.3 Å². The van der Waals surface area contributed by atoms with Gasteiger partial charge in [0.15, 0.2) is 5.78 Å². The van der Waals surface area contributed by atoms with E-state index in [-0.39, 0.29) is 17.7 Å². The van der Waals surface area contributed by atoms with Gasteiger partial charge in [0.05, 0.1) is 30.5 Å². The number of ether oxygens (including phenoxy) is 1. The van der Waals surface area contributed by atoms with Crippen molar-refractivity contribution in [3.8, 4) is 0 Å². The Hall–Kier alpha value is -1.66. The van der Waals surface area contributed by atoms with Crippen LogP contribution in [0.4, 0.5) is 0 Å². The highest BCUT2D eigenvalue weighted by molar-refractivity contribution is 6.02. The maximum atomic E-state index is 13.2. The van der Waals surface area contributed by atoms with Crippen molar-refractivity contribution in [3.05, 3.63) is 22.5 Å². The van der Waals surface area contributed by atoms with Gasteiger partial charge in [-0.25, -0.2) is 0 Å². The second-order valence-corrected chi connectivity index (χ2v) is 6.92. The number of carbonyl (C=O) groups excluding carboxylic acids is 2. The third kappa shape index (κ3) is 2.93. The zero-order valence-corrected chi connectivity index (χ0v) is 14.3. The van der Waals surface area contributed by atoms with E-state index in [4.69, 9.17) is 4.74 Å². The number of carbonyl (C=O) groups is 2. The summed E-state index contributed by atoms with van der Waals surface area (Å²) < 4.78 is 5.75. The molecule has 23 heavy (non-hydrogen) atoms. The first-order chi connectivity index (χ1) is 10.9. The fourth-order valence-electron chi connectivity index (χ4n) is 3.89. The van der Waals surface area contributed by atoms with Gasteiger partial charge in [-0.1, -0.05) is 0 Å². The molecular formula is C17H25N3O3. The lowest BCUT2D eigenvalue weighted by Gasteiger charge is -2.30. The number of H-pyrrole nitrogens is 1. The van der Waals surface area contributed by atoms with E-state index >= 15 is 0 Å². The summed E-state index contributed by atoms with van der Waals surface area (Å²) in [6.45, 7) is 9.00. The first-order valence-corrected chi connectivity index (χ1v) is 8.15. The SMILES string of the molecule is CC(=O)c1[nH]c(C)c(C(=O)N2C[C@H]3COC[C@@H]2CN(C)C3)c1C. The number of ketones is 1. The Bertz CT molecular complexity index is 637. The highest BCUT2D eigenvalue weighted by atomic mass is 16.5. The molecule has 126 valence electrons. The van der Waals surface area contributed by atoms with Crippen molar-refractivity contribution in [3.63, 3.8) is 0 Å². The number of fused-ring (bicyclic) bond motifs is 3. The van der Waals surface area contributed by atoms with Crippen molar-refractivity contribution in [2.75, 3.05) is 39.9 Å². The second kappa shape index (κ2) is 6.09. The van der Waals surface area contributed by atoms with Crippen LogP contribution in [0.25, 0.3) is 0 Å². The standard InChI is InChI=1S/C17H25N3O3/c1-10-15(11(2)18-16(10)12(3)21)17(22)20-6-13-5-19(4)7-14(20)9-23-8-13/h13-14,18H,5-9H2,1-4H3/t13-,14-/m0/s1. The molecule has 0 saturated carbocycles. The molecule has 2 bridgehead atoms. The molecule has 2 saturated heterocycles. The van der Waals surface area contributed by atoms with E-state index in [9.17, 15) is 9.59 Å². The maximum Gasteiger partial charge on any atom is 0.256 e. The van der Waals surface area contributed by atoms with Gasteiger partial charge in [-0.3, -0.25) is 9.59 Å². The van der Waals surface area contributed by atoms with E-state index < -0.39 is 0 Å². The van der Waals surface area contributed by atoms with Crippen LogP contribution in [-0.2, 0) is 4.74 Å². The number of aromatic nitrogens is 1. The number of nitrogens with zero attached hydrogens (tertiary/aromatic N) is 2. The van der Waals surface area contributed by atoms with Gasteiger partial charge < -0.3 is 19.5 Å². The number of amides is 1. The fourth-order valence-corrected chi connectivity index (χ4v) is 3.89. The molecule has 6 heteroatoms. The van der Waals surface area contributed by atoms with E-state index in [0.29, 0.717) is 36.9 Å². The number of Topliss-reactive ketones (excluding diaryl/α,β-unsaturated/α-hetero) is 1. The Morgan fingerprint density at radius 3 is 2.57 bits per heavy atom. The lowest BCUT2D eigenvalue weighted by Crippen LogP contribution is -2.46. The van der Waals surface area contributed by atoms with Gasteiger partial charge in [0.1, 0.15) is 0 Å². The van der Waals surface area contributed by atoms with Crippen LogP contribution < -0.4 is 0 Å². The summed E-state index contributed by atoms with van der Waals surface area (Å²) in [6.07, 6.45) is 0. The molecule has 0 unspecified atom stereocenters. The Kier molecular flexibility index (Phi) is 4.29. The first-order valence-electron chi connectivity index (χ1n) is 8.15. The van der Waals surface area contributed by atoms with Crippen LogP contribution in [-0.4, -0.2) is 72.4 Å². The molecule has 2 fully saturated rings. The van der Waals surface area contributed by atoms with Crippen molar-refractivity contribution in [2.45, 2.75) is 26.8 Å². The summed E-state index contributed by atoms with van der Waals surface area (Å²) in [7, 11) is 2.10.